The van der Waals surface area contributed by atoms with Crippen LogP contribution in [0.15, 0.2) is 30.3 Å². The Morgan fingerprint density at radius 1 is 1.35 bits per heavy atom. The van der Waals surface area contributed by atoms with Crippen molar-refractivity contribution >= 4 is 24.2 Å². The lowest BCUT2D eigenvalue weighted by atomic mass is 10.0. The molecule has 0 aliphatic carbocycles. The molecule has 0 saturated carbocycles. The molecule has 26 heavy (non-hydrogen) atoms. The van der Waals surface area contributed by atoms with Gasteiger partial charge in [0.15, 0.2) is 0 Å². The number of amides is 2. The third-order valence-electron chi connectivity index (χ3n) is 4.71. The molecule has 0 bridgehead atoms. The minimum Gasteiger partial charge on any atom is -0.369 e. The molecule has 2 rings (SSSR count). The van der Waals surface area contributed by atoms with Gasteiger partial charge in [-0.05, 0) is 17.9 Å². The molecule has 1 saturated heterocycles. The smallest absolute Gasteiger partial charge is 0.249 e. The molecule has 2 atom stereocenters. The van der Waals surface area contributed by atoms with E-state index in [0.717, 1.165) is 12.0 Å². The van der Waals surface area contributed by atoms with Gasteiger partial charge in [-0.3, -0.25) is 9.59 Å². The Kier molecular flexibility index (Phi) is 9.05. The van der Waals surface area contributed by atoms with Crippen LogP contribution in [0.1, 0.15) is 25.8 Å². The minimum absolute atomic E-state index is 0. The first-order valence-electron chi connectivity index (χ1n) is 8.82. The van der Waals surface area contributed by atoms with Crippen molar-refractivity contribution in [3.63, 3.8) is 0 Å². The summed E-state index contributed by atoms with van der Waals surface area (Å²) in [7, 11) is 1.76. The normalized spacial score (nSPS) is 18.4. The van der Waals surface area contributed by atoms with Crippen molar-refractivity contribution in [2.75, 3.05) is 26.8 Å². The Labute approximate surface area is 162 Å². The maximum Gasteiger partial charge on any atom is 0.249 e. The molecule has 1 aromatic carbocycles. The highest BCUT2D eigenvalue weighted by molar-refractivity contribution is 5.89. The van der Waals surface area contributed by atoms with Gasteiger partial charge in [0.2, 0.25) is 11.8 Å². The van der Waals surface area contributed by atoms with Crippen LogP contribution in [-0.4, -0.2) is 60.5 Å². The van der Waals surface area contributed by atoms with Crippen LogP contribution >= 0.6 is 12.4 Å². The number of hydrogen-bond acceptors (Lipinski definition) is 4. The lowest BCUT2D eigenvalue weighted by Gasteiger charge is -2.36. The largest absolute Gasteiger partial charge is 0.369 e. The zero-order valence-electron chi connectivity index (χ0n) is 15.8. The fraction of sp³-hybridized carbons (Fsp3) is 0.579. The first kappa shape index (κ1) is 22.4. The molecule has 1 aromatic rings. The summed E-state index contributed by atoms with van der Waals surface area (Å²) in [6.45, 7) is 5.39. The van der Waals surface area contributed by atoms with Crippen LogP contribution in [0.4, 0.5) is 0 Å². The summed E-state index contributed by atoms with van der Waals surface area (Å²) in [6, 6.07) is 9.17. The highest BCUT2D eigenvalue weighted by Crippen LogP contribution is 2.16. The molecule has 1 heterocycles. The average molecular weight is 384 g/mol. The van der Waals surface area contributed by atoms with Crippen molar-refractivity contribution in [1.29, 1.82) is 0 Å². The number of carbonyl (C=O) groups excluding carboxylic acids is 2. The molecule has 6 nitrogen and oxygen atoms in total. The van der Waals surface area contributed by atoms with E-state index in [-0.39, 0.29) is 43.5 Å². The molecule has 0 aromatic heterocycles. The second kappa shape index (κ2) is 10.5. The van der Waals surface area contributed by atoms with E-state index in [0.29, 0.717) is 19.0 Å². The molecular formula is C19H30ClN3O3. The van der Waals surface area contributed by atoms with Crippen LogP contribution in [0.3, 0.4) is 0 Å². The lowest BCUT2D eigenvalue weighted by Crippen LogP contribution is -2.56. The van der Waals surface area contributed by atoms with Crippen molar-refractivity contribution in [2.45, 2.75) is 38.9 Å². The standard InChI is InChI=1S/C19H29N3O3.ClH/c1-14(2)16(20)9-10-21(3)19(24)17-12-25-13-18(23)22(17)11-15-7-5-4-6-8-15;/h4-8,14,16-17H,9-13,20H2,1-3H3;1H/t16?,17-;/m1./s1. The topological polar surface area (TPSA) is 75.9 Å². The quantitative estimate of drug-likeness (QED) is 0.777. The highest BCUT2D eigenvalue weighted by Gasteiger charge is 2.35. The van der Waals surface area contributed by atoms with E-state index in [1.165, 1.54) is 0 Å². The van der Waals surface area contributed by atoms with Gasteiger partial charge in [0.25, 0.3) is 0 Å². The fourth-order valence-corrected chi connectivity index (χ4v) is 2.83. The SMILES string of the molecule is CC(C)C(N)CCN(C)C(=O)[C@H]1COCC(=O)N1Cc1ccccc1.Cl. The van der Waals surface area contributed by atoms with Crippen LogP contribution < -0.4 is 5.73 Å². The third-order valence-corrected chi connectivity index (χ3v) is 4.71. The second-order valence-corrected chi connectivity index (χ2v) is 6.99. The van der Waals surface area contributed by atoms with E-state index < -0.39 is 6.04 Å². The minimum atomic E-state index is -0.582. The Balaban J connectivity index is 0.00000338. The molecule has 1 aliphatic heterocycles. The highest BCUT2D eigenvalue weighted by atomic mass is 35.5. The number of nitrogens with two attached hydrogens (primary N) is 1. The van der Waals surface area contributed by atoms with Gasteiger partial charge < -0.3 is 20.3 Å². The molecule has 2 amide bonds. The molecule has 0 radical (unpaired) electrons. The number of hydrogen-bond donors (Lipinski definition) is 1. The fourth-order valence-electron chi connectivity index (χ4n) is 2.83. The van der Waals surface area contributed by atoms with Crippen molar-refractivity contribution in [2.24, 2.45) is 11.7 Å². The van der Waals surface area contributed by atoms with Crippen LogP contribution in [0.5, 0.6) is 0 Å². The molecular weight excluding hydrogens is 354 g/mol. The average Bonchev–Trinajstić information content (AvgIpc) is 2.61. The summed E-state index contributed by atoms with van der Waals surface area (Å²) in [5.74, 6) is 0.123. The van der Waals surface area contributed by atoms with Gasteiger partial charge in [-0.2, -0.15) is 0 Å². The number of nitrogens with zero attached hydrogens (tertiary/aromatic N) is 2. The summed E-state index contributed by atoms with van der Waals surface area (Å²) in [5.41, 5.74) is 7.07. The summed E-state index contributed by atoms with van der Waals surface area (Å²) >= 11 is 0. The number of likely N-dealkylation sites (N-methyl/N-ethyl adjacent to an activating group) is 1. The Bertz CT molecular complexity index is 583. The van der Waals surface area contributed by atoms with Crippen molar-refractivity contribution < 1.29 is 14.3 Å². The van der Waals surface area contributed by atoms with E-state index in [4.69, 9.17) is 10.5 Å². The van der Waals surface area contributed by atoms with E-state index in [2.05, 4.69) is 13.8 Å². The molecule has 1 aliphatic rings. The molecule has 7 heteroatoms. The summed E-state index contributed by atoms with van der Waals surface area (Å²) in [4.78, 5) is 28.4. The van der Waals surface area contributed by atoms with E-state index in [1.54, 1.807) is 16.8 Å². The van der Waals surface area contributed by atoms with Gasteiger partial charge in [0.1, 0.15) is 12.6 Å². The molecule has 2 N–H and O–H groups in total. The first-order valence-corrected chi connectivity index (χ1v) is 8.82. The van der Waals surface area contributed by atoms with Crippen molar-refractivity contribution in [3.8, 4) is 0 Å². The van der Waals surface area contributed by atoms with Crippen molar-refractivity contribution in [1.82, 2.24) is 9.80 Å². The van der Waals surface area contributed by atoms with Crippen LogP contribution in [-0.2, 0) is 20.9 Å². The Morgan fingerprint density at radius 3 is 2.62 bits per heavy atom. The van der Waals surface area contributed by atoms with Crippen LogP contribution in [0.2, 0.25) is 0 Å². The third kappa shape index (κ3) is 5.97. The number of ether oxygens (including phenoxy) is 1. The molecule has 146 valence electrons. The second-order valence-electron chi connectivity index (χ2n) is 6.99. The molecule has 0 spiro atoms. The van der Waals surface area contributed by atoms with Gasteiger partial charge in [-0.25, -0.2) is 0 Å². The monoisotopic (exact) mass is 383 g/mol. The van der Waals surface area contributed by atoms with Crippen molar-refractivity contribution in [3.05, 3.63) is 35.9 Å². The number of rotatable bonds is 7. The zero-order chi connectivity index (χ0) is 18.4. The number of carbonyl (C=O) groups is 2. The number of halogens is 1. The van der Waals surface area contributed by atoms with Gasteiger partial charge in [-0.15, -0.1) is 12.4 Å². The van der Waals surface area contributed by atoms with E-state index in [9.17, 15) is 9.59 Å². The molecule has 1 unspecified atom stereocenters. The summed E-state index contributed by atoms with van der Waals surface area (Å²) in [6.07, 6.45) is 0.736. The Hall–Kier alpha value is -1.63. The number of benzene rings is 1. The maximum atomic E-state index is 12.8. The zero-order valence-corrected chi connectivity index (χ0v) is 16.6. The van der Waals surface area contributed by atoms with Gasteiger partial charge in [0, 0.05) is 26.2 Å². The summed E-state index contributed by atoms with van der Waals surface area (Å²) in [5, 5.41) is 0. The van der Waals surface area contributed by atoms with Gasteiger partial charge in [-0.1, -0.05) is 44.2 Å². The van der Waals surface area contributed by atoms with Gasteiger partial charge >= 0.3 is 0 Å². The Morgan fingerprint density at radius 2 is 2.00 bits per heavy atom. The van der Waals surface area contributed by atoms with E-state index >= 15 is 0 Å². The maximum absolute atomic E-state index is 12.8. The predicted octanol–water partition coefficient (Wildman–Crippen LogP) is 1.67. The van der Waals surface area contributed by atoms with E-state index in [1.807, 2.05) is 30.3 Å². The van der Waals surface area contributed by atoms with Crippen LogP contribution in [0.25, 0.3) is 0 Å². The molecule has 1 fully saturated rings. The van der Waals surface area contributed by atoms with Crippen LogP contribution in [0, 0.1) is 5.92 Å². The lowest BCUT2D eigenvalue weighted by molar-refractivity contribution is -0.159. The first-order chi connectivity index (χ1) is 11.9. The summed E-state index contributed by atoms with van der Waals surface area (Å²) < 4.78 is 5.33. The number of morpholine rings is 1. The van der Waals surface area contributed by atoms with Gasteiger partial charge in [0.05, 0.1) is 6.61 Å². The predicted molar refractivity (Wildman–Crippen MR) is 104 cm³/mol.